The van der Waals surface area contributed by atoms with E-state index >= 15 is 0 Å². The Hall–Kier alpha value is -2.74. The zero-order chi connectivity index (χ0) is 15.6. The van der Waals surface area contributed by atoms with Crippen molar-refractivity contribution in [3.63, 3.8) is 0 Å². The maximum Gasteiger partial charge on any atom is 0.120 e. The van der Waals surface area contributed by atoms with Gasteiger partial charge in [-0.05, 0) is 46.4 Å². The number of anilines is 1. The van der Waals surface area contributed by atoms with Gasteiger partial charge in [-0.2, -0.15) is 0 Å². The highest BCUT2D eigenvalue weighted by Crippen LogP contribution is 2.36. The van der Waals surface area contributed by atoms with Gasteiger partial charge in [0.15, 0.2) is 0 Å². The number of methoxy groups -OCH3 is 1. The van der Waals surface area contributed by atoms with E-state index in [1.807, 2.05) is 18.2 Å². The van der Waals surface area contributed by atoms with Crippen LogP contribution in [0, 0.1) is 0 Å². The molecule has 1 N–H and O–H groups in total. The molecule has 0 radical (unpaired) electrons. The maximum atomic E-state index is 5.26. The molecule has 0 unspecified atom stereocenters. The molecule has 1 aliphatic carbocycles. The molecule has 0 heterocycles. The Balaban J connectivity index is 1.52. The Bertz CT molecular complexity index is 854. The number of nitrogens with one attached hydrogen (secondary N) is 1. The average Bonchev–Trinajstić information content (AvgIpc) is 2.98. The van der Waals surface area contributed by atoms with E-state index in [2.05, 4.69) is 53.8 Å². The van der Waals surface area contributed by atoms with Gasteiger partial charge in [-0.1, -0.05) is 48.5 Å². The lowest BCUT2D eigenvalue weighted by atomic mass is 10.0. The van der Waals surface area contributed by atoms with Crippen molar-refractivity contribution in [1.29, 1.82) is 0 Å². The predicted octanol–water partition coefficient (Wildman–Crippen LogP) is 4.88. The Morgan fingerprint density at radius 1 is 0.870 bits per heavy atom. The lowest BCUT2D eigenvalue weighted by molar-refractivity contribution is 0.415. The normalized spacial score (nSPS) is 11.7. The minimum absolute atomic E-state index is 0.816. The van der Waals surface area contributed by atoms with Crippen LogP contribution in [0.2, 0.25) is 0 Å². The summed E-state index contributed by atoms with van der Waals surface area (Å²) in [5.74, 6) is 0.874. The standard InChI is InChI=1S/C21H19NO/c1-23-19-7-4-6-18(13-19)22-14-15-9-10-21-17(11-15)12-16-5-2-3-8-20(16)21/h2-11,13,22H,12,14H2,1H3. The van der Waals surface area contributed by atoms with Crippen LogP contribution in [0.15, 0.2) is 66.7 Å². The Morgan fingerprint density at radius 3 is 2.65 bits per heavy atom. The molecule has 2 nitrogen and oxygen atoms in total. The summed E-state index contributed by atoms with van der Waals surface area (Å²) in [4.78, 5) is 0. The van der Waals surface area contributed by atoms with Gasteiger partial charge in [-0.25, -0.2) is 0 Å². The summed E-state index contributed by atoms with van der Waals surface area (Å²) in [6, 6.07) is 23.5. The molecule has 0 amide bonds. The molecule has 4 rings (SSSR count). The highest BCUT2D eigenvalue weighted by molar-refractivity contribution is 5.77. The van der Waals surface area contributed by atoms with Crippen LogP contribution in [-0.2, 0) is 13.0 Å². The van der Waals surface area contributed by atoms with Crippen molar-refractivity contribution >= 4 is 5.69 Å². The van der Waals surface area contributed by atoms with Gasteiger partial charge in [0.1, 0.15) is 5.75 Å². The minimum Gasteiger partial charge on any atom is -0.497 e. The summed E-state index contributed by atoms with van der Waals surface area (Å²) >= 11 is 0. The lowest BCUT2D eigenvalue weighted by Crippen LogP contribution is -2.00. The second-order valence-corrected chi connectivity index (χ2v) is 5.91. The molecule has 23 heavy (non-hydrogen) atoms. The van der Waals surface area contributed by atoms with Crippen molar-refractivity contribution in [3.05, 3.63) is 83.4 Å². The zero-order valence-corrected chi connectivity index (χ0v) is 13.2. The third-order valence-corrected chi connectivity index (χ3v) is 4.42. The van der Waals surface area contributed by atoms with E-state index in [4.69, 9.17) is 4.74 Å². The molecule has 3 aromatic carbocycles. The first-order valence-electron chi connectivity index (χ1n) is 7.91. The monoisotopic (exact) mass is 301 g/mol. The summed E-state index contributed by atoms with van der Waals surface area (Å²) in [7, 11) is 1.69. The maximum absolute atomic E-state index is 5.26. The van der Waals surface area contributed by atoms with E-state index in [0.717, 1.165) is 24.4 Å². The minimum atomic E-state index is 0.816. The van der Waals surface area contributed by atoms with Crippen molar-refractivity contribution in [2.24, 2.45) is 0 Å². The molecule has 0 aromatic heterocycles. The van der Waals surface area contributed by atoms with Gasteiger partial charge >= 0.3 is 0 Å². The van der Waals surface area contributed by atoms with Gasteiger partial charge < -0.3 is 10.1 Å². The molecule has 0 bridgehead atoms. The quantitative estimate of drug-likeness (QED) is 0.580. The highest BCUT2D eigenvalue weighted by atomic mass is 16.5. The second-order valence-electron chi connectivity index (χ2n) is 5.91. The van der Waals surface area contributed by atoms with Gasteiger partial charge in [0, 0.05) is 18.3 Å². The van der Waals surface area contributed by atoms with E-state index in [0.29, 0.717) is 0 Å². The van der Waals surface area contributed by atoms with E-state index in [1.165, 1.54) is 27.8 Å². The van der Waals surface area contributed by atoms with Gasteiger partial charge in [-0.15, -0.1) is 0 Å². The molecular formula is C21H19NO. The van der Waals surface area contributed by atoms with Crippen molar-refractivity contribution in [2.45, 2.75) is 13.0 Å². The summed E-state index contributed by atoms with van der Waals surface area (Å²) in [5.41, 5.74) is 8.00. The van der Waals surface area contributed by atoms with Crippen molar-refractivity contribution in [3.8, 4) is 16.9 Å². The second kappa shape index (κ2) is 5.81. The summed E-state index contributed by atoms with van der Waals surface area (Å²) in [6.07, 6.45) is 1.04. The summed E-state index contributed by atoms with van der Waals surface area (Å²) < 4.78 is 5.26. The predicted molar refractivity (Wildman–Crippen MR) is 95.0 cm³/mol. The fourth-order valence-corrected chi connectivity index (χ4v) is 3.25. The Kier molecular flexibility index (Phi) is 3.51. The molecule has 3 aromatic rings. The SMILES string of the molecule is COc1cccc(NCc2ccc3c(c2)Cc2ccccc2-3)c1. The van der Waals surface area contributed by atoms with E-state index in [-0.39, 0.29) is 0 Å². The number of fused-ring (bicyclic) bond motifs is 3. The van der Waals surface area contributed by atoms with E-state index in [9.17, 15) is 0 Å². The van der Waals surface area contributed by atoms with Gasteiger partial charge in [0.25, 0.3) is 0 Å². The van der Waals surface area contributed by atoms with Crippen molar-refractivity contribution in [1.82, 2.24) is 0 Å². The lowest BCUT2D eigenvalue weighted by Gasteiger charge is -2.09. The van der Waals surface area contributed by atoms with Crippen LogP contribution in [-0.4, -0.2) is 7.11 Å². The number of hydrogen-bond acceptors (Lipinski definition) is 2. The molecule has 114 valence electrons. The Labute approximate surface area is 136 Å². The molecule has 2 heteroatoms. The van der Waals surface area contributed by atoms with Gasteiger partial charge in [0.05, 0.1) is 7.11 Å². The molecule has 1 aliphatic rings. The molecule has 0 aliphatic heterocycles. The van der Waals surface area contributed by atoms with E-state index in [1.54, 1.807) is 7.11 Å². The average molecular weight is 301 g/mol. The van der Waals surface area contributed by atoms with Crippen LogP contribution in [0.25, 0.3) is 11.1 Å². The zero-order valence-electron chi connectivity index (χ0n) is 13.2. The van der Waals surface area contributed by atoms with Crippen molar-refractivity contribution < 1.29 is 4.74 Å². The van der Waals surface area contributed by atoms with Crippen LogP contribution in [0.1, 0.15) is 16.7 Å². The fourth-order valence-electron chi connectivity index (χ4n) is 3.25. The van der Waals surface area contributed by atoms with Crippen LogP contribution in [0.4, 0.5) is 5.69 Å². The topological polar surface area (TPSA) is 21.3 Å². The molecule has 0 saturated carbocycles. The van der Waals surface area contributed by atoms with Crippen molar-refractivity contribution in [2.75, 3.05) is 12.4 Å². The Morgan fingerprint density at radius 2 is 1.74 bits per heavy atom. The summed E-state index contributed by atoms with van der Waals surface area (Å²) in [6.45, 7) is 0.816. The van der Waals surface area contributed by atoms with Crippen LogP contribution >= 0.6 is 0 Å². The number of rotatable bonds is 4. The van der Waals surface area contributed by atoms with Crippen LogP contribution < -0.4 is 10.1 Å². The number of ether oxygens (including phenoxy) is 1. The molecule has 0 spiro atoms. The third kappa shape index (κ3) is 2.68. The molecule has 0 atom stereocenters. The smallest absolute Gasteiger partial charge is 0.120 e. The first kappa shape index (κ1) is 13.9. The van der Waals surface area contributed by atoms with Gasteiger partial charge in [0.2, 0.25) is 0 Å². The highest BCUT2D eigenvalue weighted by Gasteiger charge is 2.17. The molecule has 0 fully saturated rings. The van der Waals surface area contributed by atoms with Crippen LogP contribution in [0.5, 0.6) is 5.75 Å². The van der Waals surface area contributed by atoms with Gasteiger partial charge in [-0.3, -0.25) is 0 Å². The largest absolute Gasteiger partial charge is 0.497 e. The molecular weight excluding hydrogens is 282 g/mol. The fraction of sp³-hybridized carbons (Fsp3) is 0.143. The first-order chi connectivity index (χ1) is 11.3. The van der Waals surface area contributed by atoms with Crippen LogP contribution in [0.3, 0.4) is 0 Å². The first-order valence-corrected chi connectivity index (χ1v) is 7.91. The number of benzene rings is 3. The number of hydrogen-bond donors (Lipinski definition) is 1. The third-order valence-electron chi connectivity index (χ3n) is 4.42. The molecule has 0 saturated heterocycles. The van der Waals surface area contributed by atoms with E-state index < -0.39 is 0 Å². The summed E-state index contributed by atoms with van der Waals surface area (Å²) in [5, 5.41) is 3.47.